The molecule has 162 valence electrons. The fourth-order valence-corrected chi connectivity index (χ4v) is 3.79. The predicted octanol–water partition coefficient (Wildman–Crippen LogP) is 1.51. The quantitative estimate of drug-likeness (QED) is 0.595. The summed E-state index contributed by atoms with van der Waals surface area (Å²) in [5, 5.41) is 12.4. The lowest BCUT2D eigenvalue weighted by atomic mass is 9.97. The molecule has 2 saturated heterocycles. The number of nitrogens with zero attached hydrogens (tertiary/aromatic N) is 3. The molecule has 0 saturated carbocycles. The van der Waals surface area contributed by atoms with E-state index < -0.39 is 11.9 Å². The van der Waals surface area contributed by atoms with E-state index in [0.717, 1.165) is 57.7 Å². The first kappa shape index (κ1) is 26.9. The summed E-state index contributed by atoms with van der Waals surface area (Å²) in [6, 6.07) is 0.274. The first-order chi connectivity index (χ1) is 12.0. The average Bonchev–Trinajstić information content (AvgIpc) is 3.06. The van der Waals surface area contributed by atoms with E-state index in [1.807, 2.05) is 10.8 Å². The molecule has 0 spiro atoms. The molecule has 11 heteroatoms. The van der Waals surface area contributed by atoms with Gasteiger partial charge in [0.2, 0.25) is 0 Å². The summed E-state index contributed by atoms with van der Waals surface area (Å²) in [6.07, 6.45) is 6.06. The number of hydrogen-bond acceptors (Lipinski definition) is 5. The Balaban J connectivity index is 0.00000243. The number of nitrogens with one attached hydrogen (secondary N) is 1. The zero-order chi connectivity index (χ0) is 17.8. The van der Waals surface area contributed by atoms with Gasteiger partial charge in [0.25, 0.3) is 5.91 Å². The smallest absolute Gasteiger partial charge is 0.306 e. The van der Waals surface area contributed by atoms with Gasteiger partial charge in [0.15, 0.2) is 5.82 Å². The molecule has 0 aromatic carbocycles. The number of imidazole rings is 1. The van der Waals surface area contributed by atoms with E-state index in [1.165, 1.54) is 0 Å². The molecule has 2 aliphatic rings. The van der Waals surface area contributed by atoms with Gasteiger partial charge >= 0.3 is 5.97 Å². The minimum absolute atomic E-state index is 0. The van der Waals surface area contributed by atoms with Crippen molar-refractivity contribution in [3.63, 3.8) is 0 Å². The van der Waals surface area contributed by atoms with Crippen LogP contribution in [-0.2, 0) is 11.2 Å². The van der Waals surface area contributed by atoms with Crippen LogP contribution in [0, 0.1) is 5.92 Å². The third-order valence-corrected chi connectivity index (χ3v) is 5.33. The van der Waals surface area contributed by atoms with Crippen molar-refractivity contribution in [3.05, 3.63) is 17.7 Å². The second-order valence-electron chi connectivity index (χ2n) is 7.01. The molecule has 0 unspecified atom stereocenters. The number of piperidine rings is 2. The van der Waals surface area contributed by atoms with Crippen LogP contribution < -0.4 is 11.1 Å². The van der Waals surface area contributed by atoms with Crippen LogP contribution in [0.2, 0.25) is 0 Å². The number of rotatable bonds is 6. The van der Waals surface area contributed by atoms with Crippen molar-refractivity contribution in [2.75, 3.05) is 32.7 Å². The summed E-state index contributed by atoms with van der Waals surface area (Å²) in [5.74, 6) is -1.03. The number of halogens is 3. The largest absolute Gasteiger partial charge is 0.481 e. The molecule has 3 heterocycles. The van der Waals surface area contributed by atoms with E-state index in [4.69, 9.17) is 10.8 Å². The van der Waals surface area contributed by atoms with Gasteiger partial charge in [-0.25, -0.2) is 4.98 Å². The molecule has 2 fully saturated rings. The number of primary amides is 1. The third kappa shape index (κ3) is 6.77. The number of aromatic nitrogens is 2. The van der Waals surface area contributed by atoms with Crippen molar-refractivity contribution < 1.29 is 14.7 Å². The molecule has 28 heavy (non-hydrogen) atoms. The fraction of sp³-hybridized carbons (Fsp3) is 0.706. The number of amides is 1. The lowest BCUT2D eigenvalue weighted by molar-refractivity contribution is -0.143. The number of nitrogens with two attached hydrogens (primary N) is 1. The van der Waals surface area contributed by atoms with E-state index in [9.17, 15) is 9.59 Å². The lowest BCUT2D eigenvalue weighted by Crippen LogP contribution is -2.37. The SMILES string of the molecule is Cl.Cl.Cl.NC(=O)c1nc(CCN2CCC(C(=O)O)CC2)cn1C1CCNCC1. The summed E-state index contributed by atoms with van der Waals surface area (Å²) in [6.45, 7) is 4.31. The van der Waals surface area contributed by atoms with Crippen LogP contribution in [0.4, 0.5) is 0 Å². The molecule has 0 atom stereocenters. The Morgan fingerprint density at radius 3 is 2.29 bits per heavy atom. The maximum atomic E-state index is 11.7. The van der Waals surface area contributed by atoms with E-state index in [2.05, 4.69) is 15.2 Å². The summed E-state index contributed by atoms with van der Waals surface area (Å²) in [5.41, 5.74) is 6.40. The van der Waals surface area contributed by atoms with Gasteiger partial charge in [0.1, 0.15) is 0 Å². The number of carbonyl (C=O) groups is 2. The average molecular weight is 459 g/mol. The highest BCUT2D eigenvalue weighted by Crippen LogP contribution is 2.22. The summed E-state index contributed by atoms with van der Waals surface area (Å²) in [7, 11) is 0. The molecule has 3 rings (SSSR count). The Labute approximate surface area is 183 Å². The van der Waals surface area contributed by atoms with Gasteiger partial charge in [-0.3, -0.25) is 9.59 Å². The van der Waals surface area contributed by atoms with Crippen molar-refractivity contribution in [3.8, 4) is 0 Å². The third-order valence-electron chi connectivity index (χ3n) is 5.33. The van der Waals surface area contributed by atoms with Crippen molar-refractivity contribution in [2.45, 2.75) is 38.1 Å². The molecule has 0 aliphatic carbocycles. The van der Waals surface area contributed by atoms with Crippen molar-refractivity contribution >= 4 is 49.1 Å². The van der Waals surface area contributed by atoms with Crippen LogP contribution in [0.15, 0.2) is 6.20 Å². The maximum absolute atomic E-state index is 11.7. The van der Waals surface area contributed by atoms with Gasteiger partial charge < -0.3 is 25.6 Å². The van der Waals surface area contributed by atoms with Crippen LogP contribution in [0.1, 0.15) is 48.0 Å². The van der Waals surface area contributed by atoms with Crippen molar-refractivity contribution in [1.29, 1.82) is 0 Å². The van der Waals surface area contributed by atoms with Gasteiger partial charge in [-0.05, 0) is 51.9 Å². The Morgan fingerprint density at radius 2 is 1.75 bits per heavy atom. The highest BCUT2D eigenvalue weighted by Gasteiger charge is 2.25. The molecule has 0 radical (unpaired) electrons. The zero-order valence-electron chi connectivity index (χ0n) is 15.7. The zero-order valence-corrected chi connectivity index (χ0v) is 18.2. The summed E-state index contributed by atoms with van der Waals surface area (Å²) >= 11 is 0. The van der Waals surface area contributed by atoms with Gasteiger partial charge in [-0.1, -0.05) is 0 Å². The first-order valence-electron chi connectivity index (χ1n) is 9.08. The van der Waals surface area contributed by atoms with Crippen LogP contribution in [0.25, 0.3) is 0 Å². The topological polar surface area (TPSA) is 113 Å². The standard InChI is InChI=1S/C17H27N5O3.3ClH/c18-15(23)16-20-13(11-22(16)14-1-6-19-7-2-14)5-10-21-8-3-12(4-9-21)17(24)25;;;/h11-12,14,19H,1-10H2,(H2,18,23)(H,24,25);3*1H. The molecule has 8 nitrogen and oxygen atoms in total. The molecule has 2 aliphatic heterocycles. The molecule has 1 aromatic rings. The van der Waals surface area contributed by atoms with E-state index in [1.54, 1.807) is 0 Å². The predicted molar refractivity (Wildman–Crippen MR) is 114 cm³/mol. The minimum Gasteiger partial charge on any atom is -0.481 e. The molecular weight excluding hydrogens is 429 g/mol. The molecule has 0 bridgehead atoms. The fourth-order valence-electron chi connectivity index (χ4n) is 3.79. The van der Waals surface area contributed by atoms with Gasteiger partial charge in [0.05, 0.1) is 11.6 Å². The van der Waals surface area contributed by atoms with Gasteiger partial charge in [-0.15, -0.1) is 37.2 Å². The van der Waals surface area contributed by atoms with E-state index in [0.29, 0.717) is 18.7 Å². The molecule has 1 aromatic heterocycles. The lowest BCUT2D eigenvalue weighted by Gasteiger charge is -2.29. The number of carbonyl (C=O) groups excluding carboxylic acids is 1. The number of aliphatic carboxylic acids is 1. The summed E-state index contributed by atoms with van der Waals surface area (Å²) in [4.78, 5) is 29.5. The Bertz CT molecular complexity index is 630. The van der Waals surface area contributed by atoms with E-state index >= 15 is 0 Å². The van der Waals surface area contributed by atoms with Crippen molar-refractivity contribution in [2.24, 2.45) is 11.7 Å². The Hall–Kier alpha value is -1.06. The van der Waals surface area contributed by atoms with Gasteiger partial charge in [-0.2, -0.15) is 0 Å². The highest BCUT2D eigenvalue weighted by atomic mass is 35.5. The second kappa shape index (κ2) is 12.5. The Morgan fingerprint density at radius 1 is 1.14 bits per heavy atom. The van der Waals surface area contributed by atoms with Gasteiger partial charge in [0, 0.05) is 25.2 Å². The highest BCUT2D eigenvalue weighted by molar-refractivity contribution is 5.89. The van der Waals surface area contributed by atoms with E-state index in [-0.39, 0.29) is 49.2 Å². The van der Waals surface area contributed by atoms with Crippen molar-refractivity contribution in [1.82, 2.24) is 19.8 Å². The maximum Gasteiger partial charge on any atom is 0.306 e. The number of carboxylic acids is 1. The number of likely N-dealkylation sites (tertiary alicyclic amines) is 1. The number of carboxylic acid groups (broad SMARTS) is 1. The summed E-state index contributed by atoms with van der Waals surface area (Å²) < 4.78 is 1.95. The molecular formula is C17H30Cl3N5O3. The molecule has 1 amide bonds. The van der Waals surface area contributed by atoms with Crippen LogP contribution in [-0.4, -0.2) is 64.2 Å². The second-order valence-corrected chi connectivity index (χ2v) is 7.01. The van der Waals surface area contributed by atoms with Crippen LogP contribution >= 0.6 is 37.2 Å². The molecule has 4 N–H and O–H groups in total. The minimum atomic E-state index is -0.688. The number of hydrogen-bond donors (Lipinski definition) is 3. The van der Waals surface area contributed by atoms with Crippen LogP contribution in [0.5, 0.6) is 0 Å². The monoisotopic (exact) mass is 457 g/mol. The van der Waals surface area contributed by atoms with Crippen LogP contribution in [0.3, 0.4) is 0 Å². The normalized spacial score (nSPS) is 18.4. The first-order valence-corrected chi connectivity index (χ1v) is 9.08. The Kier molecular flexibility index (Phi) is 12.0.